The molecule has 1 aromatic carbocycles. The van der Waals surface area contributed by atoms with Gasteiger partial charge in [-0.1, -0.05) is 24.1 Å². The normalized spacial score (nSPS) is 18.7. The van der Waals surface area contributed by atoms with E-state index in [0.717, 1.165) is 25.2 Å². The van der Waals surface area contributed by atoms with Crippen molar-refractivity contribution in [2.45, 2.75) is 38.6 Å². The lowest BCUT2D eigenvalue weighted by Gasteiger charge is -2.25. The molecule has 0 aromatic heterocycles. The van der Waals surface area contributed by atoms with Crippen LogP contribution >= 0.6 is 0 Å². The highest BCUT2D eigenvalue weighted by molar-refractivity contribution is 5.92. The SMILES string of the molecule is Cc1ccc(NC(=O)CN(C)CCC2CCCCN2)cc1. The second kappa shape index (κ2) is 8.15. The van der Waals surface area contributed by atoms with E-state index in [1.54, 1.807) is 0 Å². The van der Waals surface area contributed by atoms with Gasteiger partial charge < -0.3 is 10.6 Å². The molecule has 1 amide bonds. The van der Waals surface area contributed by atoms with Crippen molar-refractivity contribution in [2.75, 3.05) is 32.0 Å². The maximum atomic E-state index is 12.0. The lowest BCUT2D eigenvalue weighted by molar-refractivity contribution is -0.117. The third-order valence-electron chi connectivity index (χ3n) is 4.02. The third-order valence-corrected chi connectivity index (χ3v) is 4.02. The van der Waals surface area contributed by atoms with Gasteiger partial charge in [0.2, 0.25) is 5.91 Å². The van der Waals surface area contributed by atoms with Crippen molar-refractivity contribution in [1.29, 1.82) is 0 Å². The van der Waals surface area contributed by atoms with Gasteiger partial charge >= 0.3 is 0 Å². The van der Waals surface area contributed by atoms with Gasteiger partial charge in [0.15, 0.2) is 0 Å². The van der Waals surface area contributed by atoms with Crippen LogP contribution in [-0.4, -0.2) is 43.5 Å². The molecule has 21 heavy (non-hydrogen) atoms. The van der Waals surface area contributed by atoms with E-state index >= 15 is 0 Å². The number of aryl methyl sites for hydroxylation is 1. The molecule has 1 aliphatic rings. The summed E-state index contributed by atoms with van der Waals surface area (Å²) in [4.78, 5) is 14.1. The summed E-state index contributed by atoms with van der Waals surface area (Å²) in [7, 11) is 2.01. The number of nitrogens with zero attached hydrogens (tertiary/aromatic N) is 1. The van der Waals surface area contributed by atoms with E-state index in [2.05, 4.69) is 15.5 Å². The Morgan fingerprint density at radius 2 is 2.10 bits per heavy atom. The number of carbonyl (C=O) groups is 1. The van der Waals surface area contributed by atoms with Gasteiger partial charge in [-0.25, -0.2) is 0 Å². The Hall–Kier alpha value is -1.39. The van der Waals surface area contributed by atoms with Crippen LogP contribution < -0.4 is 10.6 Å². The fraction of sp³-hybridized carbons (Fsp3) is 0.588. The van der Waals surface area contributed by atoms with Crippen molar-refractivity contribution in [2.24, 2.45) is 0 Å². The van der Waals surface area contributed by atoms with Crippen molar-refractivity contribution < 1.29 is 4.79 Å². The van der Waals surface area contributed by atoms with E-state index in [-0.39, 0.29) is 5.91 Å². The number of benzene rings is 1. The van der Waals surface area contributed by atoms with Gasteiger partial charge in [0.05, 0.1) is 6.54 Å². The highest BCUT2D eigenvalue weighted by Gasteiger charge is 2.14. The first-order valence-corrected chi connectivity index (χ1v) is 7.92. The molecule has 1 unspecified atom stereocenters. The summed E-state index contributed by atoms with van der Waals surface area (Å²) in [6, 6.07) is 8.53. The van der Waals surface area contributed by atoms with Gasteiger partial charge in [0.1, 0.15) is 0 Å². The number of rotatable bonds is 6. The number of amides is 1. The molecule has 4 heteroatoms. The first-order chi connectivity index (χ1) is 10.1. The Bertz CT molecular complexity index is 438. The van der Waals surface area contributed by atoms with Crippen LogP contribution in [0.3, 0.4) is 0 Å². The maximum Gasteiger partial charge on any atom is 0.238 e. The molecule has 1 atom stereocenters. The lowest BCUT2D eigenvalue weighted by atomic mass is 10.0. The predicted octanol–water partition coefficient (Wildman–Crippen LogP) is 2.40. The number of hydrogen-bond acceptors (Lipinski definition) is 3. The largest absolute Gasteiger partial charge is 0.325 e. The molecule has 1 fully saturated rings. The van der Waals surface area contributed by atoms with Gasteiger partial charge in [-0.2, -0.15) is 0 Å². The van der Waals surface area contributed by atoms with Crippen molar-refractivity contribution in [3.05, 3.63) is 29.8 Å². The quantitative estimate of drug-likeness (QED) is 0.845. The average Bonchev–Trinajstić information content (AvgIpc) is 2.48. The molecule has 0 spiro atoms. The second-order valence-electron chi connectivity index (χ2n) is 6.09. The van der Waals surface area contributed by atoms with Gasteiger partial charge in [-0.05, 0) is 58.5 Å². The Labute approximate surface area is 127 Å². The van der Waals surface area contributed by atoms with Crippen molar-refractivity contribution >= 4 is 11.6 Å². The van der Waals surface area contributed by atoms with Crippen LogP contribution in [-0.2, 0) is 4.79 Å². The number of piperidine rings is 1. The van der Waals surface area contributed by atoms with Gasteiger partial charge in [-0.15, -0.1) is 0 Å². The van der Waals surface area contributed by atoms with Crippen LogP contribution in [0.25, 0.3) is 0 Å². The molecule has 1 saturated heterocycles. The van der Waals surface area contributed by atoms with Crippen LogP contribution in [0.1, 0.15) is 31.2 Å². The van der Waals surface area contributed by atoms with Crippen LogP contribution in [0.5, 0.6) is 0 Å². The smallest absolute Gasteiger partial charge is 0.238 e. The predicted molar refractivity (Wildman–Crippen MR) is 87.6 cm³/mol. The van der Waals surface area contributed by atoms with Crippen LogP contribution in [0.4, 0.5) is 5.69 Å². The van der Waals surface area contributed by atoms with Crippen LogP contribution in [0.15, 0.2) is 24.3 Å². The zero-order valence-electron chi connectivity index (χ0n) is 13.2. The third kappa shape index (κ3) is 5.86. The van der Waals surface area contributed by atoms with Crippen LogP contribution in [0, 0.1) is 6.92 Å². The molecule has 0 aliphatic carbocycles. The molecule has 1 heterocycles. The number of nitrogens with one attached hydrogen (secondary N) is 2. The molecule has 2 rings (SSSR count). The molecular weight excluding hydrogens is 262 g/mol. The minimum atomic E-state index is 0.0537. The Balaban J connectivity index is 1.67. The second-order valence-corrected chi connectivity index (χ2v) is 6.09. The Morgan fingerprint density at radius 1 is 1.33 bits per heavy atom. The van der Waals surface area contributed by atoms with Gasteiger partial charge in [-0.3, -0.25) is 9.69 Å². The molecule has 1 aliphatic heterocycles. The first kappa shape index (κ1) is 16.0. The maximum absolute atomic E-state index is 12.0. The number of likely N-dealkylation sites (N-methyl/N-ethyl adjacent to an activating group) is 1. The standard InChI is InChI=1S/C17H27N3O/c1-14-6-8-16(9-7-14)19-17(21)13-20(2)12-10-15-5-3-4-11-18-15/h6-9,15,18H,3-5,10-13H2,1-2H3,(H,19,21). The average molecular weight is 289 g/mol. The lowest BCUT2D eigenvalue weighted by Crippen LogP contribution is -2.38. The summed E-state index contributed by atoms with van der Waals surface area (Å²) in [5.41, 5.74) is 2.07. The molecular formula is C17H27N3O. The van der Waals surface area contributed by atoms with E-state index in [0.29, 0.717) is 12.6 Å². The molecule has 1 aromatic rings. The van der Waals surface area contributed by atoms with Crippen molar-refractivity contribution in [1.82, 2.24) is 10.2 Å². The summed E-state index contributed by atoms with van der Waals surface area (Å²) in [5, 5.41) is 6.49. The monoisotopic (exact) mass is 289 g/mol. The van der Waals surface area contributed by atoms with E-state index in [1.807, 2.05) is 38.2 Å². The molecule has 0 radical (unpaired) electrons. The molecule has 2 N–H and O–H groups in total. The molecule has 0 saturated carbocycles. The van der Waals surface area contributed by atoms with Crippen molar-refractivity contribution in [3.8, 4) is 0 Å². The first-order valence-electron chi connectivity index (χ1n) is 7.92. The zero-order chi connectivity index (χ0) is 15.1. The van der Waals surface area contributed by atoms with E-state index in [4.69, 9.17) is 0 Å². The van der Waals surface area contributed by atoms with E-state index in [9.17, 15) is 4.79 Å². The molecule has 4 nitrogen and oxygen atoms in total. The zero-order valence-corrected chi connectivity index (χ0v) is 13.2. The minimum absolute atomic E-state index is 0.0537. The number of carbonyl (C=O) groups excluding carboxylic acids is 1. The number of anilines is 1. The minimum Gasteiger partial charge on any atom is -0.325 e. The highest BCUT2D eigenvalue weighted by Crippen LogP contribution is 2.11. The van der Waals surface area contributed by atoms with Gasteiger partial charge in [0, 0.05) is 11.7 Å². The molecule has 116 valence electrons. The Morgan fingerprint density at radius 3 is 2.76 bits per heavy atom. The highest BCUT2D eigenvalue weighted by atomic mass is 16.2. The fourth-order valence-electron chi connectivity index (χ4n) is 2.71. The fourth-order valence-corrected chi connectivity index (χ4v) is 2.71. The summed E-state index contributed by atoms with van der Waals surface area (Å²) in [6.07, 6.45) is 5.01. The summed E-state index contributed by atoms with van der Waals surface area (Å²) < 4.78 is 0. The summed E-state index contributed by atoms with van der Waals surface area (Å²) in [5.74, 6) is 0.0537. The van der Waals surface area contributed by atoms with E-state index in [1.165, 1.54) is 24.8 Å². The van der Waals surface area contributed by atoms with E-state index < -0.39 is 0 Å². The topological polar surface area (TPSA) is 44.4 Å². The Kier molecular flexibility index (Phi) is 6.21. The summed E-state index contributed by atoms with van der Waals surface area (Å²) in [6.45, 7) is 4.58. The number of hydrogen-bond donors (Lipinski definition) is 2. The van der Waals surface area contributed by atoms with Gasteiger partial charge in [0.25, 0.3) is 0 Å². The van der Waals surface area contributed by atoms with Crippen LogP contribution in [0.2, 0.25) is 0 Å². The summed E-state index contributed by atoms with van der Waals surface area (Å²) >= 11 is 0. The molecule has 0 bridgehead atoms. The van der Waals surface area contributed by atoms with Crippen molar-refractivity contribution in [3.63, 3.8) is 0 Å².